The number of carbonyl (C=O) groups is 1. The molecule has 0 spiro atoms. The lowest BCUT2D eigenvalue weighted by atomic mass is 10.1. The summed E-state index contributed by atoms with van der Waals surface area (Å²) in [6.07, 6.45) is 4.85. The zero-order valence-corrected chi connectivity index (χ0v) is 15.5. The Morgan fingerprint density at radius 2 is 2.00 bits per heavy atom. The van der Waals surface area contributed by atoms with Gasteiger partial charge in [0.25, 0.3) is 0 Å². The minimum absolute atomic E-state index is 0.125. The van der Waals surface area contributed by atoms with Crippen LogP contribution in [0.3, 0.4) is 0 Å². The Hall–Kier alpha value is -2.35. The maximum absolute atomic E-state index is 12.5. The van der Waals surface area contributed by atoms with Gasteiger partial charge in [-0.15, -0.1) is 0 Å². The van der Waals surface area contributed by atoms with E-state index in [0.29, 0.717) is 6.54 Å². The number of carbonyl (C=O) groups excluding carboxylic acids is 1. The van der Waals surface area contributed by atoms with Crippen LogP contribution in [0.25, 0.3) is 0 Å². The molecule has 3 rings (SSSR count). The van der Waals surface area contributed by atoms with E-state index in [2.05, 4.69) is 26.9 Å². The fourth-order valence-corrected chi connectivity index (χ4v) is 3.08. The number of anilines is 1. The number of nitrogens with zero attached hydrogens (tertiary/aromatic N) is 2. The third kappa shape index (κ3) is 4.43. The van der Waals surface area contributed by atoms with E-state index >= 15 is 0 Å². The zero-order chi connectivity index (χ0) is 18.5. The van der Waals surface area contributed by atoms with Gasteiger partial charge in [0.2, 0.25) is 0 Å². The standard InChI is InChI=1S/C19H28N6O/c1-24(2)13-16-10-15-12-25(19(26)23-18(15)22-16)17-6-4-14(5-7-17)11-21-9-3-8-20/h4-7,10,12,18,21-22H,3,8-9,11,13,20H2,1-2H3,(H,23,26). The molecule has 0 aliphatic carbocycles. The Labute approximate surface area is 154 Å². The van der Waals surface area contributed by atoms with Gasteiger partial charge in [-0.2, -0.15) is 0 Å². The quantitative estimate of drug-likeness (QED) is 0.521. The van der Waals surface area contributed by atoms with Gasteiger partial charge in [0.15, 0.2) is 0 Å². The highest BCUT2D eigenvalue weighted by Crippen LogP contribution is 2.24. The van der Waals surface area contributed by atoms with Crippen molar-refractivity contribution < 1.29 is 4.79 Å². The number of hydrogen-bond acceptors (Lipinski definition) is 5. The second kappa shape index (κ2) is 8.35. The molecule has 0 saturated carbocycles. The van der Waals surface area contributed by atoms with Crippen molar-refractivity contribution in [2.75, 3.05) is 38.6 Å². The van der Waals surface area contributed by atoms with Crippen molar-refractivity contribution in [1.29, 1.82) is 0 Å². The molecule has 7 heteroatoms. The van der Waals surface area contributed by atoms with E-state index < -0.39 is 0 Å². The van der Waals surface area contributed by atoms with Gasteiger partial charge >= 0.3 is 6.03 Å². The van der Waals surface area contributed by atoms with Crippen LogP contribution in [0, 0.1) is 0 Å². The largest absolute Gasteiger partial charge is 0.364 e. The van der Waals surface area contributed by atoms with E-state index in [1.807, 2.05) is 44.6 Å². The first-order valence-electron chi connectivity index (χ1n) is 9.00. The smallest absolute Gasteiger partial charge is 0.327 e. The van der Waals surface area contributed by atoms with Gasteiger partial charge in [-0.05, 0) is 57.4 Å². The summed E-state index contributed by atoms with van der Waals surface area (Å²) in [5, 5.41) is 9.71. The van der Waals surface area contributed by atoms with Crippen molar-refractivity contribution in [2.45, 2.75) is 19.1 Å². The van der Waals surface area contributed by atoms with Crippen LogP contribution in [0.1, 0.15) is 12.0 Å². The van der Waals surface area contributed by atoms with Crippen LogP contribution in [0.15, 0.2) is 47.8 Å². The van der Waals surface area contributed by atoms with Gasteiger partial charge in [-0.1, -0.05) is 12.1 Å². The topological polar surface area (TPSA) is 85.7 Å². The predicted molar refractivity (Wildman–Crippen MR) is 104 cm³/mol. The Balaban J connectivity index is 1.67. The molecular weight excluding hydrogens is 328 g/mol. The summed E-state index contributed by atoms with van der Waals surface area (Å²) in [4.78, 5) is 16.2. The molecule has 0 bridgehead atoms. The first-order chi connectivity index (χ1) is 12.6. The molecule has 0 fully saturated rings. The van der Waals surface area contributed by atoms with Gasteiger partial charge < -0.3 is 26.6 Å². The van der Waals surface area contributed by atoms with Crippen LogP contribution in [-0.4, -0.2) is 50.8 Å². The van der Waals surface area contributed by atoms with E-state index in [1.165, 1.54) is 5.56 Å². The number of hydrogen-bond donors (Lipinski definition) is 4. The molecule has 1 aromatic rings. The number of fused-ring (bicyclic) bond motifs is 1. The van der Waals surface area contributed by atoms with E-state index in [-0.39, 0.29) is 12.2 Å². The number of urea groups is 1. The third-order valence-corrected chi connectivity index (χ3v) is 4.36. The molecule has 7 nitrogen and oxygen atoms in total. The molecule has 5 N–H and O–H groups in total. The SMILES string of the molecule is CN(C)CC1=CC2=CN(c3ccc(CNCCCN)cc3)C(=O)NC2N1. The molecule has 2 heterocycles. The molecule has 1 atom stereocenters. The normalized spacial score (nSPS) is 19.0. The molecule has 1 aromatic carbocycles. The fourth-order valence-electron chi connectivity index (χ4n) is 3.08. The molecule has 0 aromatic heterocycles. The van der Waals surface area contributed by atoms with Crippen LogP contribution >= 0.6 is 0 Å². The first kappa shape index (κ1) is 18.4. The highest BCUT2D eigenvalue weighted by Gasteiger charge is 2.30. The number of amides is 2. The third-order valence-electron chi connectivity index (χ3n) is 4.36. The molecule has 1 unspecified atom stereocenters. The number of likely N-dealkylation sites (N-methyl/N-ethyl adjacent to an activating group) is 1. The number of nitrogens with one attached hydrogen (secondary N) is 3. The molecular formula is C19H28N6O. The van der Waals surface area contributed by atoms with Crippen molar-refractivity contribution >= 4 is 11.7 Å². The number of rotatable bonds is 8. The Kier molecular flexibility index (Phi) is 5.92. The van der Waals surface area contributed by atoms with Crippen molar-refractivity contribution in [3.8, 4) is 0 Å². The van der Waals surface area contributed by atoms with Crippen LogP contribution < -0.4 is 26.6 Å². The predicted octanol–water partition coefficient (Wildman–Crippen LogP) is 0.913. The van der Waals surface area contributed by atoms with Gasteiger partial charge in [-0.25, -0.2) is 4.79 Å². The van der Waals surface area contributed by atoms with Crippen molar-refractivity contribution in [1.82, 2.24) is 20.9 Å². The summed E-state index contributed by atoms with van der Waals surface area (Å²) < 4.78 is 0. The average molecular weight is 356 g/mol. The summed E-state index contributed by atoms with van der Waals surface area (Å²) >= 11 is 0. The van der Waals surface area contributed by atoms with Crippen LogP contribution in [0.5, 0.6) is 0 Å². The van der Waals surface area contributed by atoms with E-state index in [0.717, 1.165) is 43.0 Å². The molecule has 2 amide bonds. The average Bonchev–Trinajstić information content (AvgIpc) is 2.99. The molecule has 2 aliphatic heterocycles. The second-order valence-electron chi connectivity index (χ2n) is 6.92. The van der Waals surface area contributed by atoms with Crippen molar-refractivity contribution in [3.05, 3.63) is 53.4 Å². The second-order valence-corrected chi connectivity index (χ2v) is 6.92. The summed E-state index contributed by atoms with van der Waals surface area (Å²) in [6.45, 7) is 3.23. The maximum atomic E-state index is 12.5. The highest BCUT2D eigenvalue weighted by atomic mass is 16.2. The summed E-state index contributed by atoms with van der Waals surface area (Å²) in [5.74, 6) is 0. The lowest BCUT2D eigenvalue weighted by molar-refractivity contribution is 0.243. The van der Waals surface area contributed by atoms with E-state index in [4.69, 9.17) is 5.73 Å². The minimum Gasteiger partial charge on any atom is -0.364 e. The van der Waals surface area contributed by atoms with Crippen LogP contribution in [0.4, 0.5) is 10.5 Å². The monoisotopic (exact) mass is 356 g/mol. The fraction of sp³-hybridized carbons (Fsp3) is 0.421. The minimum atomic E-state index is -0.139. The molecule has 0 radical (unpaired) electrons. The lowest BCUT2D eigenvalue weighted by Crippen LogP contribution is -2.52. The van der Waals surface area contributed by atoms with Gasteiger partial charge in [0, 0.05) is 30.6 Å². The van der Waals surface area contributed by atoms with Gasteiger partial charge in [0.05, 0.1) is 5.69 Å². The summed E-state index contributed by atoms with van der Waals surface area (Å²) in [6, 6.07) is 7.92. The van der Waals surface area contributed by atoms with E-state index in [1.54, 1.807) is 4.90 Å². The summed E-state index contributed by atoms with van der Waals surface area (Å²) in [7, 11) is 4.05. The van der Waals surface area contributed by atoms with Gasteiger partial charge in [0.1, 0.15) is 6.17 Å². The Morgan fingerprint density at radius 3 is 2.69 bits per heavy atom. The highest BCUT2D eigenvalue weighted by molar-refractivity contribution is 5.96. The molecule has 2 aliphatic rings. The van der Waals surface area contributed by atoms with Gasteiger partial charge in [-0.3, -0.25) is 4.90 Å². The Morgan fingerprint density at radius 1 is 1.23 bits per heavy atom. The maximum Gasteiger partial charge on any atom is 0.327 e. The lowest BCUT2D eigenvalue weighted by Gasteiger charge is -2.29. The Bertz CT molecular complexity index is 694. The first-order valence-corrected chi connectivity index (χ1v) is 9.00. The van der Waals surface area contributed by atoms with Crippen molar-refractivity contribution in [3.63, 3.8) is 0 Å². The van der Waals surface area contributed by atoms with Crippen LogP contribution in [-0.2, 0) is 6.54 Å². The summed E-state index contributed by atoms with van der Waals surface area (Å²) in [5.41, 5.74) is 9.70. The number of nitrogens with two attached hydrogens (primary N) is 1. The van der Waals surface area contributed by atoms with E-state index in [9.17, 15) is 4.79 Å². The number of benzene rings is 1. The molecule has 140 valence electrons. The molecule has 0 saturated heterocycles. The van der Waals surface area contributed by atoms with Crippen LogP contribution in [0.2, 0.25) is 0 Å². The van der Waals surface area contributed by atoms with Crippen molar-refractivity contribution in [2.24, 2.45) is 5.73 Å². The zero-order valence-electron chi connectivity index (χ0n) is 15.5. The molecule has 26 heavy (non-hydrogen) atoms.